The molecule has 2 aromatic heterocycles. The number of aromatic nitrogens is 4. The summed E-state index contributed by atoms with van der Waals surface area (Å²) in [6, 6.07) is 1.82. The molecule has 0 radical (unpaired) electrons. The molecular formula is C11H15N5O2S. The van der Waals surface area contributed by atoms with Gasteiger partial charge in [-0.25, -0.2) is 0 Å². The van der Waals surface area contributed by atoms with E-state index in [1.807, 2.05) is 12.3 Å². The molecule has 0 aliphatic rings. The van der Waals surface area contributed by atoms with Crippen molar-refractivity contribution in [3.63, 3.8) is 0 Å². The van der Waals surface area contributed by atoms with E-state index >= 15 is 0 Å². The van der Waals surface area contributed by atoms with Gasteiger partial charge in [-0.1, -0.05) is 0 Å². The van der Waals surface area contributed by atoms with Crippen LogP contribution in [-0.2, 0) is 0 Å². The van der Waals surface area contributed by atoms with Crippen LogP contribution in [0.15, 0.2) is 17.8 Å². The SMILES string of the molecule is CC(CCCO)NC(=O)c1sccc1-n1cnnn1. The molecule has 0 aliphatic heterocycles. The number of hydrogen-bond donors (Lipinski definition) is 2. The number of tetrazole rings is 1. The zero-order chi connectivity index (χ0) is 13.7. The molecule has 8 heteroatoms. The van der Waals surface area contributed by atoms with Gasteiger partial charge in [-0.05, 0) is 41.6 Å². The molecular weight excluding hydrogens is 266 g/mol. The highest BCUT2D eigenvalue weighted by molar-refractivity contribution is 7.12. The Balaban J connectivity index is 2.06. The quantitative estimate of drug-likeness (QED) is 0.809. The van der Waals surface area contributed by atoms with Gasteiger partial charge in [0, 0.05) is 12.6 Å². The van der Waals surface area contributed by atoms with Gasteiger partial charge in [0.25, 0.3) is 5.91 Å². The van der Waals surface area contributed by atoms with Crippen LogP contribution in [0.1, 0.15) is 29.4 Å². The molecule has 1 atom stereocenters. The molecule has 1 unspecified atom stereocenters. The molecule has 19 heavy (non-hydrogen) atoms. The van der Waals surface area contributed by atoms with E-state index in [9.17, 15) is 4.79 Å². The summed E-state index contributed by atoms with van der Waals surface area (Å²) in [5.41, 5.74) is 0.668. The Hall–Kier alpha value is -1.80. The van der Waals surface area contributed by atoms with Crippen molar-refractivity contribution in [3.8, 4) is 5.69 Å². The molecule has 102 valence electrons. The first-order valence-corrected chi connectivity index (χ1v) is 6.83. The molecule has 2 heterocycles. The average molecular weight is 281 g/mol. The van der Waals surface area contributed by atoms with E-state index in [1.54, 1.807) is 6.07 Å². The highest BCUT2D eigenvalue weighted by atomic mass is 32.1. The fourth-order valence-corrected chi connectivity index (χ4v) is 2.46. The summed E-state index contributed by atoms with van der Waals surface area (Å²) in [5, 5.41) is 24.4. The lowest BCUT2D eigenvalue weighted by molar-refractivity contribution is 0.0940. The summed E-state index contributed by atoms with van der Waals surface area (Å²) in [6.07, 6.45) is 2.87. The smallest absolute Gasteiger partial charge is 0.263 e. The number of aliphatic hydroxyl groups is 1. The van der Waals surface area contributed by atoms with Crippen LogP contribution >= 0.6 is 11.3 Å². The largest absolute Gasteiger partial charge is 0.396 e. The van der Waals surface area contributed by atoms with Crippen LogP contribution in [0.25, 0.3) is 5.69 Å². The van der Waals surface area contributed by atoms with E-state index in [0.29, 0.717) is 17.0 Å². The molecule has 1 amide bonds. The van der Waals surface area contributed by atoms with Gasteiger partial charge in [0.15, 0.2) is 0 Å². The van der Waals surface area contributed by atoms with Crippen LogP contribution in [0.5, 0.6) is 0 Å². The van der Waals surface area contributed by atoms with Crippen molar-refractivity contribution in [1.82, 2.24) is 25.5 Å². The third-order valence-corrected chi connectivity index (χ3v) is 3.52. The van der Waals surface area contributed by atoms with Crippen molar-refractivity contribution in [2.45, 2.75) is 25.8 Å². The van der Waals surface area contributed by atoms with Crippen LogP contribution in [0, 0.1) is 0 Å². The maximum atomic E-state index is 12.2. The van der Waals surface area contributed by atoms with Crippen molar-refractivity contribution in [3.05, 3.63) is 22.7 Å². The number of nitrogens with zero attached hydrogens (tertiary/aromatic N) is 4. The van der Waals surface area contributed by atoms with Gasteiger partial charge in [-0.3, -0.25) is 4.79 Å². The minimum atomic E-state index is -0.147. The first-order chi connectivity index (χ1) is 9.22. The maximum Gasteiger partial charge on any atom is 0.263 e. The summed E-state index contributed by atoms with van der Waals surface area (Å²) < 4.78 is 1.46. The highest BCUT2D eigenvalue weighted by Crippen LogP contribution is 2.20. The Labute approximate surface area is 114 Å². The predicted octanol–water partition coefficient (Wildman–Crippen LogP) is 0.615. The van der Waals surface area contributed by atoms with Crippen LogP contribution < -0.4 is 5.32 Å². The lowest BCUT2D eigenvalue weighted by Crippen LogP contribution is -2.32. The molecule has 0 fully saturated rings. The van der Waals surface area contributed by atoms with Crippen molar-refractivity contribution >= 4 is 17.2 Å². The van der Waals surface area contributed by atoms with E-state index in [0.717, 1.165) is 6.42 Å². The fourth-order valence-electron chi connectivity index (χ4n) is 1.68. The van der Waals surface area contributed by atoms with Crippen LogP contribution in [0.4, 0.5) is 0 Å². The molecule has 2 rings (SSSR count). The Bertz CT molecular complexity index is 525. The number of amides is 1. The molecule has 2 aromatic rings. The Morgan fingerprint density at radius 2 is 2.47 bits per heavy atom. The second kappa shape index (κ2) is 6.39. The number of aliphatic hydroxyl groups excluding tert-OH is 1. The second-order valence-electron chi connectivity index (χ2n) is 4.13. The molecule has 7 nitrogen and oxygen atoms in total. The van der Waals surface area contributed by atoms with Gasteiger partial charge in [0.1, 0.15) is 11.2 Å². The number of thiophene rings is 1. The van der Waals surface area contributed by atoms with Crippen LogP contribution in [0.3, 0.4) is 0 Å². The summed E-state index contributed by atoms with van der Waals surface area (Å²) in [4.78, 5) is 12.7. The lowest BCUT2D eigenvalue weighted by Gasteiger charge is -2.13. The number of rotatable bonds is 6. The van der Waals surface area contributed by atoms with E-state index in [4.69, 9.17) is 5.11 Å². The van der Waals surface area contributed by atoms with Crippen molar-refractivity contribution < 1.29 is 9.90 Å². The number of nitrogens with one attached hydrogen (secondary N) is 1. The minimum absolute atomic E-state index is 0.0171. The average Bonchev–Trinajstić information content (AvgIpc) is 3.05. The zero-order valence-electron chi connectivity index (χ0n) is 10.5. The number of hydrogen-bond acceptors (Lipinski definition) is 6. The van der Waals surface area contributed by atoms with E-state index < -0.39 is 0 Å². The van der Waals surface area contributed by atoms with E-state index in [-0.39, 0.29) is 18.6 Å². The molecule has 0 bridgehead atoms. The summed E-state index contributed by atoms with van der Waals surface area (Å²) in [6.45, 7) is 2.05. The Morgan fingerprint density at radius 3 is 3.16 bits per heavy atom. The monoisotopic (exact) mass is 281 g/mol. The number of carbonyl (C=O) groups is 1. The van der Waals surface area contributed by atoms with E-state index in [2.05, 4.69) is 20.8 Å². The summed E-state index contributed by atoms with van der Waals surface area (Å²) in [5.74, 6) is -0.147. The molecule has 0 saturated carbocycles. The van der Waals surface area contributed by atoms with Gasteiger partial charge in [-0.15, -0.1) is 16.4 Å². The molecule has 0 spiro atoms. The Kier molecular flexibility index (Phi) is 4.58. The third-order valence-electron chi connectivity index (χ3n) is 2.62. The van der Waals surface area contributed by atoms with Gasteiger partial charge >= 0.3 is 0 Å². The topological polar surface area (TPSA) is 92.9 Å². The number of carbonyl (C=O) groups excluding carboxylic acids is 1. The predicted molar refractivity (Wildman–Crippen MR) is 70.3 cm³/mol. The van der Waals surface area contributed by atoms with Gasteiger partial charge in [-0.2, -0.15) is 4.68 Å². The van der Waals surface area contributed by atoms with Crippen LogP contribution in [0.2, 0.25) is 0 Å². The van der Waals surface area contributed by atoms with Gasteiger partial charge in [0.05, 0.1) is 5.69 Å². The molecule has 0 aliphatic carbocycles. The van der Waals surface area contributed by atoms with Crippen molar-refractivity contribution in [2.75, 3.05) is 6.61 Å². The maximum absolute atomic E-state index is 12.2. The van der Waals surface area contributed by atoms with Gasteiger partial charge in [0.2, 0.25) is 0 Å². The second-order valence-corrected chi connectivity index (χ2v) is 5.05. The Morgan fingerprint density at radius 1 is 1.63 bits per heavy atom. The highest BCUT2D eigenvalue weighted by Gasteiger charge is 2.17. The summed E-state index contributed by atoms with van der Waals surface area (Å²) in [7, 11) is 0. The van der Waals surface area contributed by atoms with Crippen molar-refractivity contribution in [2.24, 2.45) is 0 Å². The first kappa shape index (κ1) is 13.6. The zero-order valence-corrected chi connectivity index (χ0v) is 11.3. The normalized spacial score (nSPS) is 12.3. The lowest BCUT2D eigenvalue weighted by atomic mass is 10.2. The van der Waals surface area contributed by atoms with Crippen LogP contribution in [-0.4, -0.2) is 43.9 Å². The molecule has 0 saturated heterocycles. The fraction of sp³-hybridized carbons (Fsp3) is 0.455. The summed E-state index contributed by atoms with van der Waals surface area (Å²) >= 11 is 1.34. The first-order valence-electron chi connectivity index (χ1n) is 5.95. The van der Waals surface area contributed by atoms with E-state index in [1.165, 1.54) is 22.3 Å². The van der Waals surface area contributed by atoms with Crippen molar-refractivity contribution in [1.29, 1.82) is 0 Å². The third kappa shape index (κ3) is 3.36. The minimum Gasteiger partial charge on any atom is -0.396 e. The standard InChI is InChI=1S/C11H15N5O2S/c1-8(3-2-5-17)13-11(18)10-9(4-6-19-10)16-7-12-14-15-16/h4,6-8,17H,2-3,5H2,1H3,(H,13,18). The molecule has 2 N–H and O–H groups in total. The molecule has 0 aromatic carbocycles. The van der Waals surface area contributed by atoms with Gasteiger partial charge < -0.3 is 10.4 Å².